The van der Waals surface area contributed by atoms with Crippen LogP contribution >= 0.6 is 11.6 Å². The Morgan fingerprint density at radius 3 is 2.42 bits per heavy atom. The van der Waals surface area contributed by atoms with Crippen molar-refractivity contribution in [3.8, 4) is 22.5 Å². The lowest BCUT2D eigenvalue weighted by atomic mass is 9.75. The summed E-state index contributed by atoms with van der Waals surface area (Å²) in [6.45, 7) is -0.207. The normalized spacial score (nSPS) is 18.6. The highest BCUT2D eigenvalue weighted by atomic mass is 35.5. The summed E-state index contributed by atoms with van der Waals surface area (Å²) in [6, 6.07) is 10.3. The van der Waals surface area contributed by atoms with Crippen LogP contribution in [-0.2, 0) is 19.9 Å². The highest BCUT2D eigenvalue weighted by Crippen LogP contribution is 2.46. The summed E-state index contributed by atoms with van der Waals surface area (Å²) in [5.74, 6) is -1.04. The fourth-order valence-corrected chi connectivity index (χ4v) is 6.42. The Morgan fingerprint density at radius 1 is 1.08 bits per heavy atom. The number of carbonyl (C=O) groups is 2. The van der Waals surface area contributed by atoms with Gasteiger partial charge in [-0.3, -0.25) is 19.1 Å². The van der Waals surface area contributed by atoms with Crippen LogP contribution in [0.4, 0.5) is 17.6 Å². The standard InChI is InChI=1S/C34H35ClF4N8O3/c1-33(2,3)17-34(23-9-6-20(7-10-23)22-14-42-46(15-22)31(38)39)29(49)47(32(40)43-34)26(16-50-27(48)12-19-4-5-19)21-8-11-25(35)24(13-21)28-44-41-18-45(28)30(36)37/h6-11,13-15,18-19,26,30-31H,4-5,12,16-17H2,1-3H3,(H2,40,43)/t26-,34-/m1/s1. The topological polar surface area (TPSA) is 134 Å². The minimum atomic E-state index is -2.95. The minimum absolute atomic E-state index is 0.101. The molecule has 1 fully saturated rings. The number of benzene rings is 2. The van der Waals surface area contributed by atoms with Gasteiger partial charge in [-0.15, -0.1) is 10.2 Å². The molecule has 4 aromatic rings. The molecule has 0 radical (unpaired) electrons. The zero-order valence-corrected chi connectivity index (χ0v) is 28.2. The number of hydrogen-bond acceptors (Lipinski definition) is 8. The Kier molecular flexibility index (Phi) is 9.46. The molecule has 2 aromatic carbocycles. The van der Waals surface area contributed by atoms with Crippen LogP contribution in [-0.4, -0.2) is 53.9 Å². The monoisotopic (exact) mass is 714 g/mol. The van der Waals surface area contributed by atoms with Crippen LogP contribution in [0.25, 0.3) is 22.5 Å². The lowest BCUT2D eigenvalue weighted by Crippen LogP contribution is -2.47. The molecule has 1 aliphatic heterocycles. The third-order valence-corrected chi connectivity index (χ3v) is 9.00. The minimum Gasteiger partial charge on any atom is -0.463 e. The van der Waals surface area contributed by atoms with Crippen molar-refractivity contribution in [2.45, 2.75) is 71.1 Å². The van der Waals surface area contributed by atoms with Gasteiger partial charge in [-0.1, -0.05) is 62.7 Å². The van der Waals surface area contributed by atoms with Crippen LogP contribution < -0.4 is 5.73 Å². The van der Waals surface area contributed by atoms with E-state index in [1.165, 1.54) is 29.4 Å². The van der Waals surface area contributed by atoms with Crippen LogP contribution in [0.5, 0.6) is 0 Å². The highest BCUT2D eigenvalue weighted by Gasteiger charge is 2.53. The summed E-state index contributed by atoms with van der Waals surface area (Å²) in [4.78, 5) is 33.7. The second-order valence-corrected chi connectivity index (χ2v) is 14.1. The number of hydrogen-bond donors (Lipinski definition) is 1. The Hall–Kier alpha value is -4.79. The maximum absolute atomic E-state index is 14.9. The van der Waals surface area contributed by atoms with Crippen molar-refractivity contribution in [2.75, 3.05) is 6.61 Å². The molecule has 2 atom stereocenters. The third kappa shape index (κ3) is 7.09. The molecule has 0 unspecified atom stereocenters. The molecule has 50 heavy (non-hydrogen) atoms. The van der Waals surface area contributed by atoms with E-state index in [9.17, 15) is 27.2 Å². The van der Waals surface area contributed by atoms with Crippen molar-refractivity contribution in [3.63, 3.8) is 0 Å². The number of ether oxygens (including phenoxy) is 1. The number of aromatic nitrogens is 5. The molecule has 1 aliphatic carbocycles. The average Bonchev–Trinajstić information content (AvgIpc) is 3.42. The van der Waals surface area contributed by atoms with E-state index in [0.717, 1.165) is 19.2 Å². The molecule has 2 aromatic heterocycles. The van der Waals surface area contributed by atoms with Crippen molar-refractivity contribution in [1.82, 2.24) is 29.4 Å². The molecule has 0 saturated heterocycles. The zero-order chi connectivity index (χ0) is 36.0. The van der Waals surface area contributed by atoms with Crippen LogP contribution in [0.2, 0.25) is 5.02 Å². The van der Waals surface area contributed by atoms with Gasteiger partial charge in [-0.2, -0.15) is 22.7 Å². The number of aliphatic imine (C=N–C) groups is 1. The van der Waals surface area contributed by atoms with E-state index < -0.39 is 42.0 Å². The number of halogens is 5. The second kappa shape index (κ2) is 13.5. The largest absolute Gasteiger partial charge is 0.463 e. The van der Waals surface area contributed by atoms with E-state index in [-0.39, 0.29) is 47.7 Å². The predicted molar refractivity (Wildman–Crippen MR) is 176 cm³/mol. The van der Waals surface area contributed by atoms with Gasteiger partial charge in [0.25, 0.3) is 5.91 Å². The van der Waals surface area contributed by atoms with Gasteiger partial charge in [0.15, 0.2) is 17.3 Å². The van der Waals surface area contributed by atoms with Gasteiger partial charge in [0.05, 0.1) is 17.3 Å². The SMILES string of the molecule is CC(C)(C)C[C@]1(c2ccc(-c3cnn(C(F)F)c3)cc2)N=C(N)N([C@H](COC(=O)CC2CC2)c2ccc(Cl)c(-c3nncn3C(F)F)c2)C1=O. The summed E-state index contributed by atoms with van der Waals surface area (Å²) in [6.07, 6.45) is 5.73. The molecule has 11 nitrogen and oxygen atoms in total. The molecule has 0 bridgehead atoms. The van der Waals surface area contributed by atoms with Gasteiger partial charge in [0, 0.05) is 23.7 Å². The van der Waals surface area contributed by atoms with E-state index in [0.29, 0.717) is 31.5 Å². The lowest BCUT2D eigenvalue weighted by molar-refractivity contribution is -0.148. The van der Waals surface area contributed by atoms with Crippen molar-refractivity contribution in [1.29, 1.82) is 0 Å². The van der Waals surface area contributed by atoms with Crippen LogP contribution in [0.1, 0.15) is 76.7 Å². The number of alkyl halides is 4. The predicted octanol–water partition coefficient (Wildman–Crippen LogP) is 7.13. The van der Waals surface area contributed by atoms with E-state index in [2.05, 4.69) is 15.3 Å². The van der Waals surface area contributed by atoms with Crippen LogP contribution in [0.3, 0.4) is 0 Å². The van der Waals surface area contributed by atoms with Gasteiger partial charge >= 0.3 is 19.1 Å². The summed E-state index contributed by atoms with van der Waals surface area (Å²) in [5.41, 5.74) is 6.66. The molecule has 1 amide bonds. The first-order valence-corrected chi connectivity index (χ1v) is 16.3. The highest BCUT2D eigenvalue weighted by molar-refractivity contribution is 6.33. The van der Waals surface area contributed by atoms with Gasteiger partial charge in [-0.25, -0.2) is 9.67 Å². The molecular formula is C34H35ClF4N8O3. The van der Waals surface area contributed by atoms with Crippen LogP contribution in [0.15, 0.2) is 66.2 Å². The molecule has 3 heterocycles. The van der Waals surface area contributed by atoms with Gasteiger partial charge in [0.1, 0.15) is 12.9 Å². The third-order valence-electron chi connectivity index (χ3n) is 8.67. The number of guanidine groups is 1. The average molecular weight is 715 g/mol. The number of nitrogens with zero attached hydrogens (tertiary/aromatic N) is 7. The van der Waals surface area contributed by atoms with E-state index >= 15 is 0 Å². The lowest BCUT2D eigenvalue weighted by Gasteiger charge is -2.35. The number of carbonyl (C=O) groups excluding carboxylic acids is 2. The maximum atomic E-state index is 14.9. The van der Waals surface area contributed by atoms with Crippen molar-refractivity contribution < 1.29 is 31.9 Å². The Labute approximate surface area is 290 Å². The summed E-state index contributed by atoms with van der Waals surface area (Å²) in [5, 5.41) is 11.3. The number of esters is 1. The molecule has 0 spiro atoms. The maximum Gasteiger partial charge on any atom is 0.333 e. The quantitative estimate of drug-likeness (QED) is 0.122. The van der Waals surface area contributed by atoms with Crippen molar-refractivity contribution in [3.05, 3.63) is 77.3 Å². The second-order valence-electron chi connectivity index (χ2n) is 13.7. The number of amides is 1. The van der Waals surface area contributed by atoms with Crippen molar-refractivity contribution in [2.24, 2.45) is 22.1 Å². The molecule has 1 saturated carbocycles. The fourth-order valence-electron chi connectivity index (χ4n) is 6.21. The Balaban J connectivity index is 1.40. The number of rotatable bonds is 12. The van der Waals surface area contributed by atoms with E-state index in [4.69, 9.17) is 27.1 Å². The van der Waals surface area contributed by atoms with Gasteiger partial charge < -0.3 is 10.5 Å². The van der Waals surface area contributed by atoms with Gasteiger partial charge in [0.2, 0.25) is 0 Å². The first-order valence-electron chi connectivity index (χ1n) is 15.9. The Morgan fingerprint density at radius 2 is 1.80 bits per heavy atom. The molecule has 2 N–H and O–H groups in total. The summed E-state index contributed by atoms with van der Waals surface area (Å²) in [7, 11) is 0. The fraction of sp³-hybridized carbons (Fsp3) is 0.412. The molecule has 264 valence electrons. The molecular weight excluding hydrogens is 680 g/mol. The molecule has 6 rings (SSSR count). The first kappa shape index (κ1) is 35.1. The number of nitrogens with two attached hydrogens (primary N) is 1. The van der Waals surface area contributed by atoms with Crippen molar-refractivity contribution >= 4 is 29.4 Å². The van der Waals surface area contributed by atoms with E-state index in [1.54, 1.807) is 30.3 Å². The zero-order valence-electron chi connectivity index (χ0n) is 27.4. The smallest absolute Gasteiger partial charge is 0.333 e. The summed E-state index contributed by atoms with van der Waals surface area (Å²) >= 11 is 6.47. The molecule has 2 aliphatic rings. The summed E-state index contributed by atoms with van der Waals surface area (Å²) < 4.78 is 60.7. The van der Waals surface area contributed by atoms with Crippen LogP contribution in [0, 0.1) is 11.3 Å². The van der Waals surface area contributed by atoms with Gasteiger partial charge in [-0.05, 0) is 59.4 Å². The Bertz CT molecular complexity index is 1920. The molecule has 16 heteroatoms. The first-order chi connectivity index (χ1) is 23.7. The van der Waals surface area contributed by atoms with E-state index in [1.807, 2.05) is 20.8 Å².